The maximum atomic E-state index is 12.4. The number of pyridine rings is 1. The summed E-state index contributed by atoms with van der Waals surface area (Å²) in [5, 5.41) is 3.02. The van der Waals surface area contributed by atoms with Crippen molar-refractivity contribution in [1.29, 1.82) is 0 Å². The Morgan fingerprint density at radius 1 is 1.10 bits per heavy atom. The average molecular weight is 282 g/mol. The van der Waals surface area contributed by atoms with Gasteiger partial charge < -0.3 is 10.1 Å². The highest BCUT2D eigenvalue weighted by atomic mass is 19.4. The second-order valence-corrected chi connectivity index (χ2v) is 4.03. The predicted octanol–water partition coefficient (Wildman–Crippen LogP) is 4.32. The molecule has 1 N–H and O–H groups in total. The van der Waals surface area contributed by atoms with Crippen LogP contribution in [0.5, 0.6) is 11.5 Å². The van der Waals surface area contributed by atoms with Crippen molar-refractivity contribution < 1.29 is 17.9 Å². The van der Waals surface area contributed by atoms with Gasteiger partial charge >= 0.3 is 6.18 Å². The number of benzene rings is 1. The van der Waals surface area contributed by atoms with Gasteiger partial charge in [0.1, 0.15) is 17.3 Å². The lowest BCUT2D eigenvalue weighted by atomic mass is 10.2. The van der Waals surface area contributed by atoms with Crippen molar-refractivity contribution in [2.24, 2.45) is 0 Å². The molecule has 0 spiro atoms. The monoisotopic (exact) mass is 282 g/mol. The van der Waals surface area contributed by atoms with E-state index in [0.717, 1.165) is 18.7 Å². The molecule has 0 unspecified atom stereocenters. The number of rotatable bonds is 4. The minimum atomic E-state index is -4.34. The zero-order chi connectivity index (χ0) is 14.6. The van der Waals surface area contributed by atoms with Crippen LogP contribution >= 0.6 is 0 Å². The van der Waals surface area contributed by atoms with Crippen molar-refractivity contribution in [3.05, 3.63) is 48.2 Å². The van der Waals surface area contributed by atoms with Gasteiger partial charge in [0.25, 0.3) is 0 Å². The number of nitrogens with one attached hydrogen (secondary N) is 1. The molecule has 0 bridgehead atoms. The Bertz CT molecular complexity index is 567. The summed E-state index contributed by atoms with van der Waals surface area (Å²) in [5.74, 6) is 1.50. The third kappa shape index (κ3) is 3.63. The summed E-state index contributed by atoms with van der Waals surface area (Å²) >= 11 is 0. The van der Waals surface area contributed by atoms with Crippen LogP contribution in [-0.4, -0.2) is 11.5 Å². The molecule has 1 heterocycles. The van der Waals surface area contributed by atoms with E-state index >= 15 is 0 Å². The van der Waals surface area contributed by atoms with Crippen molar-refractivity contribution in [3.63, 3.8) is 0 Å². The van der Waals surface area contributed by atoms with Gasteiger partial charge in [0, 0.05) is 18.8 Å². The van der Waals surface area contributed by atoms with Gasteiger partial charge in [0.2, 0.25) is 0 Å². The first-order valence-corrected chi connectivity index (χ1v) is 6.04. The molecular weight excluding hydrogens is 269 g/mol. The van der Waals surface area contributed by atoms with E-state index in [9.17, 15) is 13.2 Å². The molecule has 1 aromatic heterocycles. The fraction of sp³-hybridized carbons (Fsp3) is 0.214. The highest BCUT2D eigenvalue weighted by Gasteiger charge is 2.30. The lowest BCUT2D eigenvalue weighted by molar-refractivity contribution is -0.137. The highest BCUT2D eigenvalue weighted by Crippen LogP contribution is 2.31. The van der Waals surface area contributed by atoms with Gasteiger partial charge in [-0.2, -0.15) is 13.2 Å². The molecule has 2 rings (SSSR count). The standard InChI is InChI=1S/C14H13F3N2O/c1-2-18-13-9-12(7-8-19-13)20-11-5-3-10(4-6-11)14(15,16)17/h3-9H,2H2,1H3,(H,18,19). The maximum Gasteiger partial charge on any atom is 0.416 e. The normalized spacial score (nSPS) is 11.2. The lowest BCUT2D eigenvalue weighted by Gasteiger charge is -2.09. The lowest BCUT2D eigenvalue weighted by Crippen LogP contribution is -2.04. The second kappa shape index (κ2) is 5.81. The van der Waals surface area contributed by atoms with Crippen LogP contribution in [0.15, 0.2) is 42.6 Å². The molecule has 1 aromatic carbocycles. The highest BCUT2D eigenvalue weighted by molar-refractivity contribution is 5.42. The van der Waals surface area contributed by atoms with E-state index in [2.05, 4.69) is 10.3 Å². The largest absolute Gasteiger partial charge is 0.457 e. The zero-order valence-corrected chi connectivity index (χ0v) is 10.7. The number of hydrogen-bond acceptors (Lipinski definition) is 3. The first-order chi connectivity index (χ1) is 9.49. The second-order valence-electron chi connectivity index (χ2n) is 4.03. The van der Waals surface area contributed by atoms with Crippen molar-refractivity contribution in [2.45, 2.75) is 13.1 Å². The molecule has 0 amide bonds. The van der Waals surface area contributed by atoms with Crippen LogP contribution in [0.1, 0.15) is 12.5 Å². The van der Waals surface area contributed by atoms with Gasteiger partial charge in [-0.1, -0.05) is 0 Å². The first kappa shape index (κ1) is 14.2. The molecule has 0 saturated carbocycles. The molecule has 0 aliphatic carbocycles. The van der Waals surface area contributed by atoms with Crippen LogP contribution in [-0.2, 0) is 6.18 Å². The Balaban J connectivity index is 2.12. The van der Waals surface area contributed by atoms with Crippen LogP contribution in [0.4, 0.5) is 19.0 Å². The smallest absolute Gasteiger partial charge is 0.416 e. The molecule has 0 aliphatic heterocycles. The number of ether oxygens (including phenoxy) is 1. The summed E-state index contributed by atoms with van der Waals surface area (Å²) in [7, 11) is 0. The van der Waals surface area contributed by atoms with Crippen LogP contribution in [0.25, 0.3) is 0 Å². The summed E-state index contributed by atoms with van der Waals surface area (Å²) in [5.41, 5.74) is -0.701. The summed E-state index contributed by atoms with van der Waals surface area (Å²) in [4.78, 5) is 4.08. The quantitative estimate of drug-likeness (QED) is 0.906. The topological polar surface area (TPSA) is 34.1 Å². The molecule has 3 nitrogen and oxygen atoms in total. The van der Waals surface area contributed by atoms with Gasteiger partial charge in [-0.15, -0.1) is 0 Å². The Morgan fingerprint density at radius 3 is 2.40 bits per heavy atom. The fourth-order valence-electron chi connectivity index (χ4n) is 1.60. The molecule has 106 valence electrons. The zero-order valence-electron chi connectivity index (χ0n) is 10.7. The molecule has 0 atom stereocenters. The summed E-state index contributed by atoms with van der Waals surface area (Å²) in [6.45, 7) is 2.65. The van der Waals surface area contributed by atoms with E-state index in [1.54, 1.807) is 18.3 Å². The maximum absolute atomic E-state index is 12.4. The van der Waals surface area contributed by atoms with Gasteiger partial charge in [0.05, 0.1) is 5.56 Å². The number of nitrogens with zero attached hydrogens (tertiary/aromatic N) is 1. The molecule has 20 heavy (non-hydrogen) atoms. The van der Waals surface area contributed by atoms with Crippen LogP contribution in [0, 0.1) is 0 Å². The molecule has 0 radical (unpaired) electrons. The van der Waals surface area contributed by atoms with Gasteiger partial charge in [-0.3, -0.25) is 0 Å². The predicted molar refractivity (Wildman–Crippen MR) is 69.9 cm³/mol. The van der Waals surface area contributed by atoms with E-state index in [-0.39, 0.29) is 0 Å². The Hall–Kier alpha value is -2.24. The van der Waals surface area contributed by atoms with Gasteiger partial charge in [-0.05, 0) is 37.3 Å². The van der Waals surface area contributed by atoms with Crippen molar-refractivity contribution in [1.82, 2.24) is 4.98 Å². The minimum Gasteiger partial charge on any atom is -0.457 e. The molecule has 0 saturated heterocycles. The molecule has 2 aromatic rings. The third-order valence-electron chi connectivity index (χ3n) is 2.51. The molecular formula is C14H13F3N2O. The number of anilines is 1. The first-order valence-electron chi connectivity index (χ1n) is 6.04. The van der Waals surface area contributed by atoms with Crippen molar-refractivity contribution in [2.75, 3.05) is 11.9 Å². The van der Waals surface area contributed by atoms with E-state index in [1.165, 1.54) is 12.1 Å². The van der Waals surface area contributed by atoms with Gasteiger partial charge in [-0.25, -0.2) is 4.98 Å². The van der Waals surface area contributed by atoms with Gasteiger partial charge in [0.15, 0.2) is 0 Å². The van der Waals surface area contributed by atoms with E-state index in [1.807, 2.05) is 6.92 Å². The fourth-order valence-corrected chi connectivity index (χ4v) is 1.60. The number of alkyl halides is 3. The van der Waals surface area contributed by atoms with E-state index in [4.69, 9.17) is 4.74 Å². The number of aromatic nitrogens is 1. The third-order valence-corrected chi connectivity index (χ3v) is 2.51. The number of halogens is 3. The van der Waals surface area contributed by atoms with Crippen LogP contribution in [0.2, 0.25) is 0 Å². The SMILES string of the molecule is CCNc1cc(Oc2ccc(C(F)(F)F)cc2)ccn1. The molecule has 0 aliphatic rings. The van der Waals surface area contributed by atoms with Crippen molar-refractivity contribution >= 4 is 5.82 Å². The Kier molecular flexibility index (Phi) is 4.12. The molecule has 0 fully saturated rings. The Morgan fingerprint density at radius 2 is 1.80 bits per heavy atom. The number of hydrogen-bond donors (Lipinski definition) is 1. The van der Waals surface area contributed by atoms with E-state index in [0.29, 0.717) is 17.3 Å². The average Bonchev–Trinajstić information content (AvgIpc) is 2.39. The Labute approximate surface area is 114 Å². The van der Waals surface area contributed by atoms with Crippen LogP contribution in [0.3, 0.4) is 0 Å². The summed E-state index contributed by atoms with van der Waals surface area (Å²) in [6, 6.07) is 7.87. The van der Waals surface area contributed by atoms with E-state index < -0.39 is 11.7 Å². The van der Waals surface area contributed by atoms with Crippen LogP contribution < -0.4 is 10.1 Å². The molecule has 6 heteroatoms. The minimum absolute atomic E-state index is 0.339. The summed E-state index contributed by atoms with van der Waals surface area (Å²) in [6.07, 6.45) is -2.77. The van der Waals surface area contributed by atoms with Crippen molar-refractivity contribution in [3.8, 4) is 11.5 Å². The summed E-state index contributed by atoms with van der Waals surface area (Å²) < 4.78 is 42.8.